The van der Waals surface area contributed by atoms with Gasteiger partial charge in [-0.25, -0.2) is 4.98 Å². The second kappa shape index (κ2) is 10.2. The number of carbonyl (C=O) groups is 1. The molecule has 0 aliphatic heterocycles. The van der Waals surface area contributed by atoms with E-state index >= 15 is 0 Å². The number of fused-ring (bicyclic) bond motifs is 1. The van der Waals surface area contributed by atoms with Crippen LogP contribution in [0.4, 0.5) is 5.82 Å². The molecular weight excluding hydrogens is 450 g/mol. The van der Waals surface area contributed by atoms with Crippen LogP contribution in [0.1, 0.15) is 30.4 Å². The minimum Gasteiger partial charge on any atom is -0.497 e. The van der Waals surface area contributed by atoms with Crippen molar-refractivity contribution >= 4 is 34.2 Å². The summed E-state index contributed by atoms with van der Waals surface area (Å²) < 4.78 is 10.7. The predicted molar refractivity (Wildman–Crippen MR) is 137 cm³/mol. The molecule has 0 N–H and O–H groups in total. The van der Waals surface area contributed by atoms with Crippen LogP contribution in [0.25, 0.3) is 10.9 Å². The summed E-state index contributed by atoms with van der Waals surface area (Å²) in [5.74, 6) is 1.74. The fourth-order valence-corrected chi connectivity index (χ4v) is 4.82. The van der Waals surface area contributed by atoms with Crippen LogP contribution >= 0.6 is 11.6 Å². The number of pyridine rings is 1. The molecule has 3 aromatic rings. The van der Waals surface area contributed by atoms with E-state index in [1.807, 2.05) is 66.4 Å². The first-order chi connectivity index (χ1) is 16.4. The maximum Gasteiger partial charge on any atom is 0.233 e. The quantitative estimate of drug-likeness (QED) is 0.427. The van der Waals surface area contributed by atoms with Gasteiger partial charge in [0.2, 0.25) is 5.91 Å². The number of hydrogen-bond donors (Lipinski definition) is 0. The smallest absolute Gasteiger partial charge is 0.233 e. The lowest BCUT2D eigenvalue weighted by molar-refractivity contribution is -0.142. The molecule has 1 amide bonds. The molecule has 1 aliphatic carbocycles. The highest BCUT2D eigenvalue weighted by Gasteiger charge is 2.47. The molecule has 4 rings (SSSR count). The Kier molecular flexibility index (Phi) is 7.29. The van der Waals surface area contributed by atoms with Gasteiger partial charge in [0.25, 0.3) is 0 Å². The third-order valence-electron chi connectivity index (χ3n) is 6.73. The van der Waals surface area contributed by atoms with E-state index in [4.69, 9.17) is 26.1 Å². The Balaban J connectivity index is 1.71. The zero-order valence-electron chi connectivity index (χ0n) is 20.3. The minimum atomic E-state index is -0.506. The Hall–Kier alpha value is -2.83. The van der Waals surface area contributed by atoms with Gasteiger partial charge in [-0.2, -0.15) is 0 Å². The summed E-state index contributed by atoms with van der Waals surface area (Å²) in [6, 6.07) is 15.7. The number of aromatic nitrogens is 1. The van der Waals surface area contributed by atoms with Crippen molar-refractivity contribution in [1.82, 2.24) is 9.88 Å². The van der Waals surface area contributed by atoms with Crippen LogP contribution < -0.4 is 9.64 Å². The van der Waals surface area contributed by atoms with Crippen molar-refractivity contribution in [3.63, 3.8) is 0 Å². The lowest BCUT2D eigenvalue weighted by atomic mass is 9.63. The first kappa shape index (κ1) is 24.3. The van der Waals surface area contributed by atoms with Crippen LogP contribution in [0, 0.1) is 0 Å². The van der Waals surface area contributed by atoms with E-state index in [0.29, 0.717) is 24.7 Å². The molecule has 1 fully saturated rings. The predicted octanol–water partition coefficient (Wildman–Crippen LogP) is 5.06. The van der Waals surface area contributed by atoms with Crippen LogP contribution in [0.3, 0.4) is 0 Å². The van der Waals surface area contributed by atoms with Crippen molar-refractivity contribution in [1.29, 1.82) is 0 Å². The number of hydrogen-bond acceptors (Lipinski definition) is 5. The van der Waals surface area contributed by atoms with Crippen LogP contribution in [-0.4, -0.2) is 57.3 Å². The molecule has 0 bridgehead atoms. The van der Waals surface area contributed by atoms with E-state index in [0.717, 1.165) is 52.9 Å². The second-order valence-corrected chi connectivity index (χ2v) is 9.52. The normalized spacial score (nSPS) is 14.5. The molecule has 1 heterocycles. The molecule has 7 heteroatoms. The number of benzene rings is 2. The molecule has 1 aromatic heterocycles. The van der Waals surface area contributed by atoms with Gasteiger partial charge in [-0.1, -0.05) is 30.2 Å². The molecule has 1 saturated carbocycles. The maximum absolute atomic E-state index is 14.1. The molecule has 6 nitrogen and oxygen atoms in total. The first-order valence-corrected chi connectivity index (χ1v) is 11.9. The summed E-state index contributed by atoms with van der Waals surface area (Å²) in [6.07, 6.45) is 2.72. The van der Waals surface area contributed by atoms with Gasteiger partial charge < -0.3 is 19.3 Å². The molecule has 0 unspecified atom stereocenters. The van der Waals surface area contributed by atoms with E-state index in [1.54, 1.807) is 14.2 Å². The van der Waals surface area contributed by atoms with Crippen LogP contribution in [0.5, 0.6) is 5.75 Å². The number of amides is 1. The van der Waals surface area contributed by atoms with Crippen LogP contribution in [-0.2, 0) is 21.5 Å². The summed E-state index contributed by atoms with van der Waals surface area (Å²) in [5.41, 5.74) is 2.39. The first-order valence-electron chi connectivity index (χ1n) is 11.6. The van der Waals surface area contributed by atoms with Gasteiger partial charge in [0, 0.05) is 56.3 Å². The highest BCUT2D eigenvalue weighted by Crippen LogP contribution is 2.46. The summed E-state index contributed by atoms with van der Waals surface area (Å²) >= 11 is 6.12. The van der Waals surface area contributed by atoms with E-state index in [-0.39, 0.29) is 5.91 Å². The Morgan fingerprint density at radius 3 is 2.41 bits per heavy atom. The standard InChI is InChI=1S/C27H32ClN3O3/c1-30(2)25-20(16-19-6-11-23(34-4)17-24(19)29-25)18-31(14-15-33-3)26(32)27(12-5-13-27)21-7-9-22(28)10-8-21/h6-11,16-17H,5,12-15,18H2,1-4H3. The lowest BCUT2D eigenvalue weighted by Crippen LogP contribution is -2.51. The highest BCUT2D eigenvalue weighted by molar-refractivity contribution is 6.30. The van der Waals surface area contributed by atoms with Crippen molar-refractivity contribution in [2.45, 2.75) is 31.2 Å². The number of rotatable bonds is 9. The van der Waals surface area contributed by atoms with Gasteiger partial charge in [0.15, 0.2) is 0 Å². The molecule has 0 radical (unpaired) electrons. The summed E-state index contributed by atoms with van der Waals surface area (Å²) in [5, 5.41) is 1.69. The van der Waals surface area contributed by atoms with Crippen LogP contribution in [0.15, 0.2) is 48.5 Å². The fraction of sp³-hybridized carbons (Fsp3) is 0.407. The maximum atomic E-state index is 14.1. The summed E-state index contributed by atoms with van der Waals surface area (Å²) in [7, 11) is 7.26. The number of carbonyl (C=O) groups excluding carboxylic acids is 1. The van der Waals surface area contributed by atoms with Gasteiger partial charge in [-0.15, -0.1) is 0 Å². The third-order valence-corrected chi connectivity index (χ3v) is 6.98. The number of halogens is 1. The fourth-order valence-electron chi connectivity index (χ4n) is 4.70. The number of nitrogens with zero attached hydrogens (tertiary/aromatic N) is 3. The van der Waals surface area contributed by atoms with E-state index < -0.39 is 5.41 Å². The Morgan fingerprint density at radius 2 is 1.82 bits per heavy atom. The number of methoxy groups -OCH3 is 2. The number of anilines is 1. The Morgan fingerprint density at radius 1 is 1.09 bits per heavy atom. The van der Waals surface area contributed by atoms with Crippen LogP contribution in [0.2, 0.25) is 5.02 Å². The zero-order valence-corrected chi connectivity index (χ0v) is 21.1. The highest BCUT2D eigenvalue weighted by atomic mass is 35.5. The molecule has 34 heavy (non-hydrogen) atoms. The van der Waals surface area contributed by atoms with Crippen molar-refractivity contribution < 1.29 is 14.3 Å². The molecule has 0 spiro atoms. The summed E-state index contributed by atoms with van der Waals surface area (Å²) in [6.45, 7) is 1.44. The topological polar surface area (TPSA) is 54.9 Å². The average molecular weight is 482 g/mol. The van der Waals surface area contributed by atoms with E-state index in [1.165, 1.54) is 0 Å². The van der Waals surface area contributed by atoms with Crippen molar-refractivity contribution in [3.05, 3.63) is 64.7 Å². The lowest BCUT2D eigenvalue weighted by Gasteiger charge is -2.44. The van der Waals surface area contributed by atoms with Gasteiger partial charge in [0.05, 0.1) is 24.6 Å². The monoisotopic (exact) mass is 481 g/mol. The molecular formula is C27H32ClN3O3. The SMILES string of the molecule is COCCN(Cc1cc2ccc(OC)cc2nc1N(C)C)C(=O)C1(c2ccc(Cl)cc2)CCC1. The van der Waals surface area contributed by atoms with Crippen molar-refractivity contribution in [2.75, 3.05) is 46.4 Å². The molecule has 0 atom stereocenters. The van der Waals surface area contributed by atoms with Gasteiger partial charge >= 0.3 is 0 Å². The third kappa shape index (κ3) is 4.70. The van der Waals surface area contributed by atoms with E-state index in [9.17, 15) is 4.79 Å². The van der Waals surface area contributed by atoms with Crippen molar-refractivity contribution in [3.8, 4) is 5.75 Å². The van der Waals surface area contributed by atoms with Gasteiger partial charge in [-0.3, -0.25) is 4.79 Å². The van der Waals surface area contributed by atoms with Gasteiger partial charge in [0.1, 0.15) is 11.6 Å². The largest absolute Gasteiger partial charge is 0.497 e. The molecule has 2 aromatic carbocycles. The average Bonchev–Trinajstić information content (AvgIpc) is 2.81. The van der Waals surface area contributed by atoms with Gasteiger partial charge in [-0.05, 0) is 48.7 Å². The molecule has 180 valence electrons. The Labute approximate surface area is 206 Å². The molecule has 0 saturated heterocycles. The van der Waals surface area contributed by atoms with Crippen molar-refractivity contribution in [2.24, 2.45) is 0 Å². The van der Waals surface area contributed by atoms with E-state index in [2.05, 4.69) is 6.07 Å². The zero-order chi connectivity index (χ0) is 24.3. The molecule has 1 aliphatic rings. The minimum absolute atomic E-state index is 0.137. The second-order valence-electron chi connectivity index (χ2n) is 9.09. The Bertz CT molecular complexity index is 1160. The summed E-state index contributed by atoms with van der Waals surface area (Å²) in [4.78, 5) is 22.9. The number of ether oxygens (including phenoxy) is 2.